The summed E-state index contributed by atoms with van der Waals surface area (Å²) < 4.78 is 34.6. The summed E-state index contributed by atoms with van der Waals surface area (Å²) in [6, 6.07) is 4.65. The van der Waals surface area contributed by atoms with Crippen LogP contribution in [0.15, 0.2) is 43.3 Å². The molecule has 6 rings (SSSR count). The molecule has 3 aromatic heterocycles. The first kappa shape index (κ1) is 22.9. The first-order valence-corrected chi connectivity index (χ1v) is 11.7. The third-order valence-corrected chi connectivity index (χ3v) is 6.10. The summed E-state index contributed by atoms with van der Waals surface area (Å²) in [6.07, 6.45) is 5.46. The Bertz CT molecular complexity index is 1610. The highest BCUT2D eigenvalue weighted by Gasteiger charge is 2.34. The smallest absolute Gasteiger partial charge is 0.416 e. The lowest BCUT2D eigenvalue weighted by Crippen LogP contribution is -2.38. The zero-order valence-corrected chi connectivity index (χ0v) is 20.6. The number of carbonyl (C=O) groups excluding carboxylic acids is 1. The third-order valence-electron chi connectivity index (χ3n) is 6.10. The summed E-state index contributed by atoms with van der Waals surface area (Å²) in [7, 11) is 0. The van der Waals surface area contributed by atoms with Crippen LogP contribution in [0.25, 0.3) is 22.5 Å². The molecule has 2 aliphatic rings. The van der Waals surface area contributed by atoms with Crippen molar-refractivity contribution >= 4 is 23.1 Å². The van der Waals surface area contributed by atoms with Crippen molar-refractivity contribution in [3.05, 3.63) is 65.8 Å². The number of aromatic nitrogens is 5. The number of amides is 1. The molecule has 0 atom stereocenters. The minimum Gasteiger partial charge on any atom is -0.488 e. The fourth-order valence-corrected chi connectivity index (χ4v) is 4.54. The Hall–Kier alpha value is -4.54. The quantitative estimate of drug-likeness (QED) is 0.369. The second-order valence-corrected chi connectivity index (χ2v) is 9.84. The molecule has 2 aliphatic heterocycles. The predicted octanol–water partition coefficient (Wildman–Crippen LogP) is 4.70. The van der Waals surface area contributed by atoms with E-state index in [9.17, 15) is 4.79 Å². The Morgan fingerprint density at radius 1 is 1.22 bits per heavy atom. The van der Waals surface area contributed by atoms with Gasteiger partial charge in [-0.1, -0.05) is 0 Å². The van der Waals surface area contributed by atoms with E-state index in [2.05, 4.69) is 20.2 Å². The Labute approximate surface area is 211 Å². The molecule has 0 aliphatic carbocycles. The van der Waals surface area contributed by atoms with E-state index in [1.807, 2.05) is 6.92 Å². The second kappa shape index (κ2) is 8.26. The van der Waals surface area contributed by atoms with E-state index in [0.717, 1.165) is 5.56 Å². The van der Waals surface area contributed by atoms with Gasteiger partial charge in [0.2, 0.25) is 0 Å². The Morgan fingerprint density at radius 2 is 2.05 bits per heavy atom. The van der Waals surface area contributed by atoms with Gasteiger partial charge in [-0.3, -0.25) is 9.30 Å². The van der Waals surface area contributed by atoms with E-state index in [0.29, 0.717) is 50.9 Å². The van der Waals surface area contributed by atoms with Crippen molar-refractivity contribution < 1.29 is 23.4 Å². The van der Waals surface area contributed by atoms with Crippen LogP contribution < -0.4 is 14.4 Å². The molecule has 5 heterocycles. The number of halogens is 1. The molecule has 4 aromatic rings. The standard InChI is InChI=1S/C26H23FN6O4/c1-14-8-28-12-29-22(14)16-7-20-24(33-13-30-31-23(16)33)32(25(34)37-26(2,3)4)9-17-18(27)5-6-19-21(17)15(10-35-19)11-36-20/h5-8,11-13H,9-10H2,1-4H3/b15-11+. The normalized spacial score (nSPS) is 15.9. The zero-order valence-electron chi connectivity index (χ0n) is 20.6. The van der Waals surface area contributed by atoms with Gasteiger partial charge < -0.3 is 14.2 Å². The monoisotopic (exact) mass is 502 g/mol. The number of benzene rings is 1. The largest absolute Gasteiger partial charge is 0.488 e. The maximum atomic E-state index is 15.3. The van der Waals surface area contributed by atoms with E-state index in [-0.39, 0.29) is 13.2 Å². The van der Waals surface area contributed by atoms with Crippen LogP contribution in [0.2, 0.25) is 0 Å². The van der Waals surface area contributed by atoms with Crippen LogP contribution in [-0.4, -0.2) is 42.9 Å². The molecule has 0 saturated heterocycles. The summed E-state index contributed by atoms with van der Waals surface area (Å²) in [5, 5.41) is 8.40. The van der Waals surface area contributed by atoms with E-state index in [1.54, 1.807) is 43.5 Å². The number of anilines is 1. The van der Waals surface area contributed by atoms with Crippen LogP contribution >= 0.6 is 0 Å². The number of rotatable bonds is 1. The van der Waals surface area contributed by atoms with E-state index < -0.39 is 17.5 Å². The van der Waals surface area contributed by atoms with Crippen LogP contribution in [0.1, 0.15) is 37.5 Å². The van der Waals surface area contributed by atoms with Crippen molar-refractivity contribution in [2.45, 2.75) is 39.8 Å². The third kappa shape index (κ3) is 3.83. The number of carbonyl (C=O) groups is 1. The molecule has 0 bridgehead atoms. The molecule has 0 saturated carbocycles. The minimum absolute atomic E-state index is 0.139. The average Bonchev–Trinajstić information content (AvgIpc) is 3.49. The molecule has 0 spiro atoms. The van der Waals surface area contributed by atoms with E-state index in [1.165, 1.54) is 29.9 Å². The number of nitrogens with zero attached hydrogens (tertiary/aromatic N) is 6. The van der Waals surface area contributed by atoms with Crippen molar-refractivity contribution in [3.63, 3.8) is 0 Å². The molecule has 37 heavy (non-hydrogen) atoms. The first-order chi connectivity index (χ1) is 17.7. The molecular formula is C26H23FN6O4. The van der Waals surface area contributed by atoms with E-state index >= 15 is 4.39 Å². The number of fused-ring (bicyclic) bond motifs is 3. The number of aryl methyl sites for hydroxylation is 1. The maximum Gasteiger partial charge on any atom is 0.416 e. The Morgan fingerprint density at radius 3 is 2.84 bits per heavy atom. The number of hydrogen-bond donors (Lipinski definition) is 0. The summed E-state index contributed by atoms with van der Waals surface area (Å²) in [4.78, 5) is 23.5. The van der Waals surface area contributed by atoms with Gasteiger partial charge in [0.1, 0.15) is 36.4 Å². The van der Waals surface area contributed by atoms with Crippen LogP contribution in [-0.2, 0) is 11.3 Å². The van der Waals surface area contributed by atoms with Crippen molar-refractivity contribution in [1.29, 1.82) is 0 Å². The Kier molecular flexibility index (Phi) is 5.11. The molecule has 0 fully saturated rings. The summed E-state index contributed by atoms with van der Waals surface area (Å²) in [5.74, 6) is 0.647. The lowest BCUT2D eigenvalue weighted by molar-refractivity contribution is 0.0575. The molecule has 188 valence electrons. The van der Waals surface area contributed by atoms with Gasteiger partial charge in [-0.2, -0.15) is 0 Å². The molecule has 1 amide bonds. The molecule has 0 radical (unpaired) electrons. The van der Waals surface area contributed by atoms with Gasteiger partial charge in [-0.25, -0.2) is 19.2 Å². The summed E-state index contributed by atoms with van der Waals surface area (Å²) >= 11 is 0. The van der Waals surface area contributed by atoms with Gasteiger partial charge >= 0.3 is 6.09 Å². The molecule has 10 nitrogen and oxygen atoms in total. The molecule has 0 unspecified atom stereocenters. The van der Waals surface area contributed by atoms with Gasteiger partial charge in [0.05, 0.1) is 18.5 Å². The van der Waals surface area contributed by atoms with Gasteiger partial charge in [-0.05, 0) is 51.5 Å². The highest BCUT2D eigenvalue weighted by atomic mass is 19.1. The summed E-state index contributed by atoms with van der Waals surface area (Å²) in [6.45, 7) is 7.25. The van der Waals surface area contributed by atoms with Gasteiger partial charge in [0, 0.05) is 28.5 Å². The predicted molar refractivity (Wildman–Crippen MR) is 132 cm³/mol. The maximum absolute atomic E-state index is 15.3. The van der Waals surface area contributed by atoms with Crippen molar-refractivity contribution in [2.24, 2.45) is 0 Å². The van der Waals surface area contributed by atoms with Crippen LogP contribution in [0, 0.1) is 12.7 Å². The van der Waals surface area contributed by atoms with Gasteiger partial charge in [0.15, 0.2) is 17.2 Å². The van der Waals surface area contributed by atoms with Crippen molar-refractivity contribution in [1.82, 2.24) is 24.6 Å². The van der Waals surface area contributed by atoms with E-state index in [4.69, 9.17) is 14.2 Å². The SMILES string of the molecule is Cc1cncnc1-c1cc2c(n3cnnc13)N(C(=O)OC(C)(C)C)Cc1c(F)ccc3c1/C(=C/O2)CO3. The van der Waals surface area contributed by atoms with Gasteiger partial charge in [0.25, 0.3) is 0 Å². The lowest BCUT2D eigenvalue weighted by atomic mass is 10.0. The number of pyridine rings is 1. The number of hydrogen-bond acceptors (Lipinski definition) is 8. The fourth-order valence-electron chi connectivity index (χ4n) is 4.54. The first-order valence-electron chi connectivity index (χ1n) is 11.7. The average molecular weight is 503 g/mol. The molecule has 1 aromatic carbocycles. The van der Waals surface area contributed by atoms with Crippen LogP contribution in [0.5, 0.6) is 11.5 Å². The fraction of sp³-hybridized carbons (Fsp3) is 0.269. The van der Waals surface area contributed by atoms with Crippen molar-refractivity contribution in [3.8, 4) is 22.8 Å². The topological polar surface area (TPSA) is 104 Å². The van der Waals surface area contributed by atoms with Gasteiger partial charge in [-0.15, -0.1) is 10.2 Å². The molecule has 11 heteroatoms. The van der Waals surface area contributed by atoms with Crippen LogP contribution in [0.4, 0.5) is 15.0 Å². The second-order valence-electron chi connectivity index (χ2n) is 9.84. The van der Waals surface area contributed by atoms with Crippen molar-refractivity contribution in [2.75, 3.05) is 11.5 Å². The highest BCUT2D eigenvalue weighted by Crippen LogP contribution is 2.43. The zero-order chi connectivity index (χ0) is 25.9. The lowest BCUT2D eigenvalue weighted by Gasteiger charge is -2.29. The summed E-state index contributed by atoms with van der Waals surface area (Å²) in [5.41, 5.74) is 3.23. The number of ether oxygens (including phenoxy) is 3. The minimum atomic E-state index is -0.801. The molecule has 0 N–H and O–H groups in total. The molecular weight excluding hydrogens is 479 g/mol. The van der Waals surface area contributed by atoms with Crippen LogP contribution in [0.3, 0.4) is 0 Å². The highest BCUT2D eigenvalue weighted by molar-refractivity contribution is 5.92. The Balaban J connectivity index is 1.64.